The lowest BCUT2D eigenvalue weighted by Gasteiger charge is -2.55. The Labute approximate surface area is 253 Å². The second-order valence-electron chi connectivity index (χ2n) is 11.4. The monoisotopic (exact) mass is 592 g/mol. The SMILES string of the molecule is O=C1[C@H](Cc2ccc(O)cc2)N2C(=O)CN(CC3C=C3)N(C(=O)NCc3ccccc3)[C@H]2CN1Cc1ccc2n[nH]nc2c1. The zero-order valence-corrected chi connectivity index (χ0v) is 23.9. The molecule has 3 N–H and O–H groups in total. The summed E-state index contributed by atoms with van der Waals surface area (Å²) in [5.41, 5.74) is 4.02. The standard InChI is InChI=1S/C32H32N8O4/c41-25-11-8-21(9-12-25)15-28-31(43)37(17-24-10-13-26-27(14-24)35-36-34-26)19-29-39(28)30(42)20-38(18-23-6-7-23)40(29)32(44)33-16-22-4-2-1-3-5-22/h1-14,23,28-29,41H,15-20H2,(H,33,44)(H,34,35,36)/t28-,29-/m0/s1. The van der Waals surface area contributed by atoms with Gasteiger partial charge in [-0.2, -0.15) is 15.4 Å². The molecule has 224 valence electrons. The number of nitrogens with zero attached hydrogens (tertiary/aromatic N) is 6. The van der Waals surface area contributed by atoms with E-state index in [0.29, 0.717) is 18.6 Å². The van der Waals surface area contributed by atoms with E-state index in [2.05, 4.69) is 20.7 Å². The van der Waals surface area contributed by atoms with E-state index in [-0.39, 0.29) is 55.6 Å². The highest BCUT2D eigenvalue weighted by atomic mass is 16.3. The second-order valence-corrected chi connectivity index (χ2v) is 11.4. The summed E-state index contributed by atoms with van der Waals surface area (Å²) in [5.74, 6) is -0.110. The minimum Gasteiger partial charge on any atom is -0.508 e. The molecule has 12 heteroatoms. The molecule has 3 heterocycles. The number of piperazine rings is 1. The third-order valence-corrected chi connectivity index (χ3v) is 8.33. The van der Waals surface area contributed by atoms with Gasteiger partial charge in [-0.25, -0.2) is 14.8 Å². The highest BCUT2D eigenvalue weighted by Gasteiger charge is 2.51. The zero-order valence-electron chi connectivity index (χ0n) is 23.9. The molecule has 0 saturated carbocycles. The number of rotatable bonds is 8. The van der Waals surface area contributed by atoms with Crippen LogP contribution in [0.3, 0.4) is 0 Å². The van der Waals surface area contributed by atoms with E-state index in [9.17, 15) is 19.5 Å². The maximum Gasteiger partial charge on any atom is 0.334 e. The fourth-order valence-corrected chi connectivity index (χ4v) is 6.05. The van der Waals surface area contributed by atoms with Gasteiger partial charge < -0.3 is 20.2 Å². The average molecular weight is 593 g/mol. The Morgan fingerprint density at radius 2 is 1.68 bits per heavy atom. The van der Waals surface area contributed by atoms with Gasteiger partial charge >= 0.3 is 6.03 Å². The number of carbonyl (C=O) groups excluding carboxylic acids is 3. The van der Waals surface area contributed by atoms with E-state index in [0.717, 1.165) is 22.2 Å². The maximum atomic E-state index is 14.2. The quantitative estimate of drug-likeness (QED) is 0.267. The first-order valence-electron chi connectivity index (χ1n) is 14.6. The number of nitrogens with one attached hydrogen (secondary N) is 2. The number of urea groups is 1. The van der Waals surface area contributed by atoms with Crippen LogP contribution >= 0.6 is 0 Å². The van der Waals surface area contributed by atoms with Crippen molar-refractivity contribution in [3.63, 3.8) is 0 Å². The van der Waals surface area contributed by atoms with Crippen LogP contribution in [-0.4, -0.2) is 90.0 Å². The van der Waals surface area contributed by atoms with Crippen molar-refractivity contribution in [2.45, 2.75) is 31.7 Å². The van der Waals surface area contributed by atoms with Crippen molar-refractivity contribution < 1.29 is 19.5 Å². The van der Waals surface area contributed by atoms with E-state index < -0.39 is 12.2 Å². The molecule has 0 radical (unpaired) electrons. The second kappa shape index (κ2) is 11.5. The predicted octanol–water partition coefficient (Wildman–Crippen LogP) is 2.40. The number of amides is 4. The smallest absolute Gasteiger partial charge is 0.334 e. The molecule has 7 rings (SSSR count). The summed E-state index contributed by atoms with van der Waals surface area (Å²) >= 11 is 0. The number of aromatic hydroxyl groups is 1. The number of phenols is 1. The highest BCUT2D eigenvalue weighted by molar-refractivity contribution is 5.92. The van der Waals surface area contributed by atoms with Gasteiger partial charge in [-0.05, 0) is 41.0 Å². The topological polar surface area (TPSA) is 138 Å². The number of phenolic OH excluding ortho intramolecular Hbond substituents is 1. The number of carbonyl (C=O) groups is 3. The summed E-state index contributed by atoms with van der Waals surface area (Å²) in [6.45, 7) is 1.21. The minimum atomic E-state index is -0.841. The molecule has 4 aromatic rings. The Balaban J connectivity index is 1.22. The molecule has 0 bridgehead atoms. The number of aromatic nitrogens is 3. The minimum absolute atomic E-state index is 0.0182. The number of H-pyrrole nitrogens is 1. The number of hydrogen-bond donors (Lipinski definition) is 3. The van der Waals surface area contributed by atoms with Gasteiger partial charge in [0.1, 0.15) is 29.0 Å². The van der Waals surface area contributed by atoms with Crippen LogP contribution in [0.1, 0.15) is 16.7 Å². The Morgan fingerprint density at radius 1 is 0.932 bits per heavy atom. The molecule has 2 fully saturated rings. The van der Waals surface area contributed by atoms with E-state index >= 15 is 0 Å². The predicted molar refractivity (Wildman–Crippen MR) is 160 cm³/mol. The van der Waals surface area contributed by atoms with Crippen molar-refractivity contribution in [2.75, 3.05) is 19.6 Å². The van der Waals surface area contributed by atoms with Crippen LogP contribution in [0.15, 0.2) is 84.9 Å². The van der Waals surface area contributed by atoms with Gasteiger partial charge in [-0.1, -0.05) is 60.7 Å². The van der Waals surface area contributed by atoms with Crippen molar-refractivity contribution in [1.29, 1.82) is 0 Å². The fraction of sp³-hybridized carbons (Fsp3) is 0.281. The molecule has 44 heavy (non-hydrogen) atoms. The summed E-state index contributed by atoms with van der Waals surface area (Å²) in [6, 6.07) is 20.7. The molecular weight excluding hydrogens is 560 g/mol. The Kier molecular flexibility index (Phi) is 7.18. The number of hydrazine groups is 1. The molecule has 0 unspecified atom stereocenters. The normalized spacial score (nSPS) is 20.3. The molecule has 2 saturated heterocycles. The summed E-state index contributed by atoms with van der Waals surface area (Å²) < 4.78 is 0. The van der Waals surface area contributed by atoms with Gasteiger partial charge in [0.25, 0.3) is 0 Å². The fourth-order valence-electron chi connectivity index (χ4n) is 6.05. The van der Waals surface area contributed by atoms with E-state index in [1.165, 1.54) is 0 Å². The van der Waals surface area contributed by atoms with Crippen LogP contribution in [0.4, 0.5) is 4.79 Å². The van der Waals surface area contributed by atoms with Crippen molar-refractivity contribution in [1.82, 2.24) is 40.5 Å². The number of aromatic amines is 1. The summed E-state index contributed by atoms with van der Waals surface area (Å²) in [7, 11) is 0. The lowest BCUT2D eigenvalue weighted by Crippen LogP contribution is -2.76. The average Bonchev–Trinajstić information content (AvgIpc) is 3.72. The molecule has 1 aliphatic carbocycles. The first-order chi connectivity index (χ1) is 21.4. The van der Waals surface area contributed by atoms with Crippen LogP contribution in [0.2, 0.25) is 0 Å². The van der Waals surface area contributed by atoms with Crippen LogP contribution in [-0.2, 0) is 29.1 Å². The molecular formula is C32H32N8O4. The van der Waals surface area contributed by atoms with E-state index in [1.54, 1.807) is 39.1 Å². The molecule has 1 aromatic heterocycles. The first kappa shape index (κ1) is 27.6. The van der Waals surface area contributed by atoms with Crippen molar-refractivity contribution >= 4 is 28.9 Å². The van der Waals surface area contributed by atoms with Crippen LogP contribution in [0.25, 0.3) is 11.0 Å². The number of benzene rings is 3. The van der Waals surface area contributed by atoms with Gasteiger partial charge in [0.05, 0.1) is 13.1 Å². The Hall–Kier alpha value is -5.23. The molecule has 3 aromatic carbocycles. The molecule has 4 amide bonds. The largest absolute Gasteiger partial charge is 0.508 e. The van der Waals surface area contributed by atoms with Gasteiger partial charge in [0.15, 0.2) is 0 Å². The number of hydrogen-bond acceptors (Lipinski definition) is 7. The summed E-state index contributed by atoms with van der Waals surface area (Å²) in [5, 5.41) is 27.2. The van der Waals surface area contributed by atoms with Crippen LogP contribution < -0.4 is 5.32 Å². The van der Waals surface area contributed by atoms with Gasteiger partial charge in [0.2, 0.25) is 11.8 Å². The molecule has 2 atom stereocenters. The Morgan fingerprint density at radius 3 is 2.45 bits per heavy atom. The summed E-state index contributed by atoms with van der Waals surface area (Å²) in [4.78, 5) is 45.3. The third-order valence-electron chi connectivity index (χ3n) is 8.33. The lowest BCUT2D eigenvalue weighted by molar-refractivity contribution is -0.191. The van der Waals surface area contributed by atoms with Crippen LogP contribution in [0, 0.1) is 5.92 Å². The van der Waals surface area contributed by atoms with E-state index in [4.69, 9.17) is 0 Å². The van der Waals surface area contributed by atoms with Crippen molar-refractivity contribution in [3.05, 3.63) is 102 Å². The maximum absolute atomic E-state index is 14.2. The van der Waals surface area contributed by atoms with Gasteiger partial charge in [-0.3, -0.25) is 9.59 Å². The van der Waals surface area contributed by atoms with Crippen molar-refractivity contribution in [3.8, 4) is 5.75 Å². The van der Waals surface area contributed by atoms with Crippen LogP contribution in [0.5, 0.6) is 5.75 Å². The highest BCUT2D eigenvalue weighted by Crippen LogP contribution is 2.31. The summed E-state index contributed by atoms with van der Waals surface area (Å²) in [6.07, 6.45) is 3.60. The van der Waals surface area contributed by atoms with E-state index in [1.807, 2.05) is 65.7 Å². The molecule has 3 aliphatic rings. The zero-order chi connectivity index (χ0) is 30.2. The van der Waals surface area contributed by atoms with Crippen molar-refractivity contribution in [2.24, 2.45) is 5.92 Å². The lowest BCUT2D eigenvalue weighted by atomic mass is 9.98. The molecule has 12 nitrogen and oxygen atoms in total. The first-order valence-corrected chi connectivity index (χ1v) is 14.6. The van der Waals surface area contributed by atoms with Gasteiger partial charge in [0, 0.05) is 32.0 Å². The molecule has 2 aliphatic heterocycles. The Bertz CT molecular complexity index is 1720. The molecule has 0 spiro atoms. The van der Waals surface area contributed by atoms with Gasteiger partial charge in [-0.15, -0.1) is 0 Å². The third kappa shape index (κ3) is 5.59. The number of fused-ring (bicyclic) bond motifs is 2.